The van der Waals surface area contributed by atoms with Crippen molar-refractivity contribution in [1.82, 2.24) is 5.32 Å². The number of carbonyl (C=O) groups excluding carboxylic acids is 1. The van der Waals surface area contributed by atoms with Crippen LogP contribution in [0.5, 0.6) is 0 Å². The van der Waals surface area contributed by atoms with E-state index in [1.165, 1.54) is 18.7 Å². The number of rotatable bonds is 6. The number of hydrogen-bond donors (Lipinski definition) is 2. The molecule has 98 valence electrons. The van der Waals surface area contributed by atoms with E-state index in [9.17, 15) is 9.59 Å². The minimum absolute atomic E-state index is 0.257. The third-order valence-corrected chi connectivity index (χ3v) is 3.69. The number of benzene rings is 1. The van der Waals surface area contributed by atoms with E-state index in [1.807, 2.05) is 18.2 Å². The van der Waals surface area contributed by atoms with Gasteiger partial charge in [0.25, 0.3) is 0 Å². The highest BCUT2D eigenvalue weighted by molar-refractivity contribution is 7.99. The van der Waals surface area contributed by atoms with Crippen LogP contribution in [0.1, 0.15) is 13.3 Å². The van der Waals surface area contributed by atoms with Crippen LogP contribution in [0.4, 0.5) is 0 Å². The molecule has 4 nitrogen and oxygen atoms in total. The summed E-state index contributed by atoms with van der Waals surface area (Å²) in [4.78, 5) is 22.9. The maximum atomic E-state index is 11.4. The molecule has 2 N–H and O–H groups in total. The molecular weight excluding hydrogens is 274 g/mol. The van der Waals surface area contributed by atoms with Crippen molar-refractivity contribution in [3.63, 3.8) is 0 Å². The topological polar surface area (TPSA) is 66.4 Å². The highest BCUT2D eigenvalue weighted by atomic mass is 35.5. The molecule has 1 rings (SSSR count). The summed E-state index contributed by atoms with van der Waals surface area (Å²) >= 11 is 7.44. The van der Waals surface area contributed by atoms with Crippen molar-refractivity contribution in [1.29, 1.82) is 0 Å². The van der Waals surface area contributed by atoms with E-state index in [0.29, 0.717) is 10.8 Å². The van der Waals surface area contributed by atoms with Crippen LogP contribution in [0.3, 0.4) is 0 Å². The maximum absolute atomic E-state index is 11.4. The fourth-order valence-corrected chi connectivity index (χ4v) is 2.38. The standard InChI is InChI=1S/C12H14ClNO3S/c1-8(12(16)17)14-11(15)6-7-18-10-5-3-2-4-9(10)13/h2-5,8H,6-7H2,1H3,(H,14,15)(H,16,17)/t8-/m0/s1. The molecule has 0 aromatic heterocycles. The van der Waals surface area contributed by atoms with E-state index < -0.39 is 12.0 Å². The summed E-state index contributed by atoms with van der Waals surface area (Å²) in [6, 6.07) is 6.53. The number of nitrogens with one attached hydrogen (secondary N) is 1. The van der Waals surface area contributed by atoms with Crippen LogP contribution >= 0.6 is 23.4 Å². The Kier molecular flexibility index (Phi) is 6.01. The van der Waals surface area contributed by atoms with E-state index in [2.05, 4.69) is 5.32 Å². The van der Waals surface area contributed by atoms with Gasteiger partial charge in [0.15, 0.2) is 0 Å². The van der Waals surface area contributed by atoms with Gasteiger partial charge in [-0.1, -0.05) is 23.7 Å². The predicted molar refractivity (Wildman–Crippen MR) is 72.0 cm³/mol. The lowest BCUT2D eigenvalue weighted by Crippen LogP contribution is -2.38. The summed E-state index contributed by atoms with van der Waals surface area (Å²) in [5, 5.41) is 11.7. The number of amides is 1. The van der Waals surface area contributed by atoms with Gasteiger partial charge < -0.3 is 10.4 Å². The summed E-state index contributed by atoms with van der Waals surface area (Å²) in [6.45, 7) is 1.43. The van der Waals surface area contributed by atoms with Crippen LogP contribution in [0.2, 0.25) is 5.02 Å². The zero-order valence-electron chi connectivity index (χ0n) is 9.85. The Hall–Kier alpha value is -1.20. The Morgan fingerprint density at radius 2 is 2.11 bits per heavy atom. The smallest absolute Gasteiger partial charge is 0.325 e. The van der Waals surface area contributed by atoms with E-state index in [-0.39, 0.29) is 12.3 Å². The van der Waals surface area contributed by atoms with Crippen LogP contribution < -0.4 is 5.32 Å². The van der Waals surface area contributed by atoms with Crippen LogP contribution in [0, 0.1) is 0 Å². The number of hydrogen-bond acceptors (Lipinski definition) is 3. The number of carbonyl (C=O) groups is 2. The molecule has 6 heteroatoms. The van der Waals surface area contributed by atoms with Gasteiger partial charge in [0.1, 0.15) is 6.04 Å². The molecule has 0 fully saturated rings. The maximum Gasteiger partial charge on any atom is 0.325 e. The van der Waals surface area contributed by atoms with Crippen LogP contribution in [-0.4, -0.2) is 28.8 Å². The highest BCUT2D eigenvalue weighted by Gasteiger charge is 2.13. The SMILES string of the molecule is C[C@H](NC(=O)CCSc1ccccc1Cl)C(=O)O. The molecule has 1 atom stereocenters. The average molecular weight is 288 g/mol. The van der Waals surface area contributed by atoms with Gasteiger partial charge in [0.05, 0.1) is 5.02 Å². The van der Waals surface area contributed by atoms with E-state index in [0.717, 1.165) is 4.90 Å². The molecule has 0 saturated heterocycles. The summed E-state index contributed by atoms with van der Waals surface area (Å²) < 4.78 is 0. The van der Waals surface area contributed by atoms with Crippen LogP contribution in [0.25, 0.3) is 0 Å². The highest BCUT2D eigenvalue weighted by Crippen LogP contribution is 2.26. The molecule has 0 heterocycles. The Morgan fingerprint density at radius 1 is 1.44 bits per heavy atom. The summed E-state index contributed by atoms with van der Waals surface area (Å²) in [6.07, 6.45) is 0.257. The number of carboxylic acid groups (broad SMARTS) is 1. The van der Waals surface area contributed by atoms with Gasteiger partial charge in [-0.05, 0) is 19.1 Å². The number of aliphatic carboxylic acids is 1. The van der Waals surface area contributed by atoms with Gasteiger partial charge in [-0.3, -0.25) is 9.59 Å². The second-order valence-corrected chi connectivity index (χ2v) is 5.20. The van der Waals surface area contributed by atoms with Crippen molar-refractivity contribution >= 4 is 35.2 Å². The van der Waals surface area contributed by atoms with Gasteiger partial charge in [-0.2, -0.15) is 0 Å². The Bertz CT molecular complexity index is 439. The van der Waals surface area contributed by atoms with E-state index in [1.54, 1.807) is 6.07 Å². The first-order valence-electron chi connectivity index (χ1n) is 5.40. The minimum atomic E-state index is -1.04. The van der Waals surface area contributed by atoms with Gasteiger partial charge in [-0.15, -0.1) is 11.8 Å². The lowest BCUT2D eigenvalue weighted by molar-refractivity contribution is -0.141. The third-order valence-electron chi connectivity index (χ3n) is 2.17. The molecule has 0 aliphatic heterocycles. The first-order chi connectivity index (χ1) is 8.50. The van der Waals surface area contributed by atoms with Crippen molar-refractivity contribution in [2.24, 2.45) is 0 Å². The normalized spacial score (nSPS) is 11.9. The number of carboxylic acids is 1. The van der Waals surface area contributed by atoms with Crippen molar-refractivity contribution in [3.8, 4) is 0 Å². The summed E-state index contributed by atoms with van der Waals surface area (Å²) in [5.41, 5.74) is 0. The lowest BCUT2D eigenvalue weighted by Gasteiger charge is -2.09. The zero-order chi connectivity index (χ0) is 13.5. The molecule has 0 aliphatic rings. The fourth-order valence-electron chi connectivity index (χ4n) is 1.19. The molecule has 18 heavy (non-hydrogen) atoms. The molecule has 0 radical (unpaired) electrons. The van der Waals surface area contributed by atoms with Crippen molar-refractivity contribution < 1.29 is 14.7 Å². The Morgan fingerprint density at radius 3 is 2.72 bits per heavy atom. The Balaban J connectivity index is 2.32. The molecule has 1 amide bonds. The second-order valence-electron chi connectivity index (χ2n) is 3.66. The summed E-state index contributed by atoms with van der Waals surface area (Å²) in [5.74, 6) is -0.756. The molecule has 1 aromatic carbocycles. The lowest BCUT2D eigenvalue weighted by atomic mass is 10.3. The average Bonchev–Trinajstić information content (AvgIpc) is 2.31. The van der Waals surface area contributed by atoms with Gasteiger partial charge in [-0.25, -0.2) is 0 Å². The Labute approximate surface area is 115 Å². The van der Waals surface area contributed by atoms with Gasteiger partial charge >= 0.3 is 5.97 Å². The molecule has 1 aromatic rings. The molecule has 0 spiro atoms. The van der Waals surface area contributed by atoms with E-state index in [4.69, 9.17) is 16.7 Å². The zero-order valence-corrected chi connectivity index (χ0v) is 11.4. The van der Waals surface area contributed by atoms with Gasteiger partial charge in [0, 0.05) is 17.1 Å². The minimum Gasteiger partial charge on any atom is -0.480 e. The largest absolute Gasteiger partial charge is 0.480 e. The van der Waals surface area contributed by atoms with Crippen molar-refractivity contribution in [3.05, 3.63) is 29.3 Å². The van der Waals surface area contributed by atoms with Crippen molar-refractivity contribution in [2.45, 2.75) is 24.3 Å². The van der Waals surface area contributed by atoms with Crippen LogP contribution in [-0.2, 0) is 9.59 Å². The quantitative estimate of drug-likeness (QED) is 0.789. The first-order valence-corrected chi connectivity index (χ1v) is 6.76. The number of halogens is 1. The van der Waals surface area contributed by atoms with Crippen molar-refractivity contribution in [2.75, 3.05) is 5.75 Å². The van der Waals surface area contributed by atoms with E-state index >= 15 is 0 Å². The predicted octanol–water partition coefficient (Wildman–Crippen LogP) is 2.41. The summed E-state index contributed by atoms with van der Waals surface area (Å²) in [7, 11) is 0. The van der Waals surface area contributed by atoms with Gasteiger partial charge in [0.2, 0.25) is 5.91 Å². The molecule has 0 aliphatic carbocycles. The fraction of sp³-hybridized carbons (Fsp3) is 0.333. The number of thioether (sulfide) groups is 1. The molecule has 0 unspecified atom stereocenters. The third kappa shape index (κ3) is 4.98. The van der Waals surface area contributed by atoms with Crippen LogP contribution in [0.15, 0.2) is 29.2 Å². The first kappa shape index (κ1) is 14.9. The molecule has 0 bridgehead atoms. The second kappa shape index (κ2) is 7.28. The monoisotopic (exact) mass is 287 g/mol. The molecule has 0 saturated carbocycles. The molecular formula is C12H14ClNO3S.